The van der Waals surface area contributed by atoms with Crippen LogP contribution < -0.4 is 14.8 Å². The molecule has 0 aliphatic carbocycles. The molecule has 0 unspecified atom stereocenters. The summed E-state index contributed by atoms with van der Waals surface area (Å²) >= 11 is 0. The number of nitrogens with one attached hydrogen (secondary N) is 1. The van der Waals surface area contributed by atoms with Crippen LogP contribution in [-0.2, 0) is 0 Å². The summed E-state index contributed by atoms with van der Waals surface area (Å²) in [5, 5.41) is 2.89. The molecular formula is C14H21NO3. The fourth-order valence-electron chi connectivity index (χ4n) is 1.66. The van der Waals surface area contributed by atoms with Crippen LogP contribution in [0.15, 0.2) is 18.2 Å². The summed E-state index contributed by atoms with van der Waals surface area (Å²) in [6, 6.07) is 5.19. The van der Waals surface area contributed by atoms with Crippen LogP contribution in [0.4, 0.5) is 0 Å². The zero-order valence-electron chi connectivity index (χ0n) is 11.3. The minimum Gasteiger partial charge on any atom is -0.497 e. The first-order chi connectivity index (χ1) is 8.72. The normalized spacial score (nSPS) is 9.94. The SMILES string of the molecule is CCCCCNC(=O)c1cc(OC)ccc1OC. The molecule has 0 bridgehead atoms. The number of carbonyl (C=O) groups excluding carboxylic acids is 1. The molecule has 4 nitrogen and oxygen atoms in total. The number of hydrogen-bond donors (Lipinski definition) is 1. The molecule has 1 aromatic rings. The van der Waals surface area contributed by atoms with E-state index in [0.717, 1.165) is 19.3 Å². The fraction of sp³-hybridized carbons (Fsp3) is 0.500. The highest BCUT2D eigenvalue weighted by molar-refractivity contribution is 5.97. The van der Waals surface area contributed by atoms with Gasteiger partial charge >= 0.3 is 0 Å². The second-order valence-electron chi connectivity index (χ2n) is 4.03. The van der Waals surface area contributed by atoms with E-state index in [1.165, 1.54) is 0 Å². The largest absolute Gasteiger partial charge is 0.497 e. The number of amides is 1. The van der Waals surface area contributed by atoms with Gasteiger partial charge in [0.2, 0.25) is 0 Å². The highest BCUT2D eigenvalue weighted by atomic mass is 16.5. The van der Waals surface area contributed by atoms with E-state index in [4.69, 9.17) is 9.47 Å². The minimum absolute atomic E-state index is 0.123. The van der Waals surface area contributed by atoms with E-state index in [0.29, 0.717) is 23.6 Å². The topological polar surface area (TPSA) is 47.6 Å². The number of carbonyl (C=O) groups is 1. The first-order valence-corrected chi connectivity index (χ1v) is 6.23. The van der Waals surface area contributed by atoms with Crippen LogP contribution >= 0.6 is 0 Å². The molecule has 1 amide bonds. The molecule has 0 aromatic heterocycles. The maximum absolute atomic E-state index is 12.0. The van der Waals surface area contributed by atoms with Crippen molar-refractivity contribution in [1.82, 2.24) is 5.32 Å². The number of hydrogen-bond acceptors (Lipinski definition) is 3. The first kappa shape index (κ1) is 14.4. The summed E-state index contributed by atoms with van der Waals surface area (Å²) < 4.78 is 10.3. The lowest BCUT2D eigenvalue weighted by atomic mass is 10.1. The Morgan fingerprint density at radius 3 is 2.61 bits per heavy atom. The van der Waals surface area contributed by atoms with Gasteiger partial charge in [-0.25, -0.2) is 0 Å². The van der Waals surface area contributed by atoms with E-state index in [2.05, 4.69) is 12.2 Å². The summed E-state index contributed by atoms with van der Waals surface area (Å²) in [6.45, 7) is 2.82. The zero-order chi connectivity index (χ0) is 13.4. The molecule has 1 aromatic carbocycles. The predicted octanol–water partition coefficient (Wildman–Crippen LogP) is 2.62. The van der Waals surface area contributed by atoms with Gasteiger partial charge in [0.05, 0.1) is 19.8 Å². The van der Waals surface area contributed by atoms with E-state index < -0.39 is 0 Å². The lowest BCUT2D eigenvalue weighted by Gasteiger charge is -2.10. The van der Waals surface area contributed by atoms with Crippen molar-refractivity contribution in [2.75, 3.05) is 20.8 Å². The smallest absolute Gasteiger partial charge is 0.255 e. The Kier molecular flexibility index (Phi) is 6.05. The average Bonchev–Trinajstić information content (AvgIpc) is 2.42. The lowest BCUT2D eigenvalue weighted by molar-refractivity contribution is 0.0949. The van der Waals surface area contributed by atoms with Gasteiger partial charge in [-0.2, -0.15) is 0 Å². The Balaban J connectivity index is 2.70. The fourth-order valence-corrected chi connectivity index (χ4v) is 1.66. The van der Waals surface area contributed by atoms with Crippen molar-refractivity contribution in [3.63, 3.8) is 0 Å². The van der Waals surface area contributed by atoms with E-state index in [1.54, 1.807) is 32.4 Å². The van der Waals surface area contributed by atoms with Gasteiger partial charge in [0.25, 0.3) is 5.91 Å². The molecule has 0 radical (unpaired) electrons. The quantitative estimate of drug-likeness (QED) is 0.758. The molecule has 0 atom stereocenters. The van der Waals surface area contributed by atoms with Crippen LogP contribution in [0.2, 0.25) is 0 Å². The molecule has 0 saturated carbocycles. The second-order valence-corrected chi connectivity index (χ2v) is 4.03. The molecule has 0 spiro atoms. The molecule has 0 heterocycles. The molecule has 4 heteroatoms. The number of methoxy groups -OCH3 is 2. The third kappa shape index (κ3) is 3.95. The predicted molar refractivity (Wildman–Crippen MR) is 71.4 cm³/mol. The minimum atomic E-state index is -0.123. The van der Waals surface area contributed by atoms with Gasteiger partial charge < -0.3 is 14.8 Å². The van der Waals surface area contributed by atoms with Gasteiger partial charge in [-0.1, -0.05) is 19.8 Å². The molecule has 0 aliphatic rings. The van der Waals surface area contributed by atoms with Crippen molar-refractivity contribution < 1.29 is 14.3 Å². The Labute approximate surface area is 108 Å². The molecule has 0 aliphatic heterocycles. The summed E-state index contributed by atoms with van der Waals surface area (Å²) in [5.74, 6) is 1.08. The molecule has 0 fully saturated rings. The van der Waals surface area contributed by atoms with Crippen LogP contribution in [0.25, 0.3) is 0 Å². The van der Waals surface area contributed by atoms with Crippen LogP contribution in [0.3, 0.4) is 0 Å². The average molecular weight is 251 g/mol. The summed E-state index contributed by atoms with van der Waals surface area (Å²) in [7, 11) is 3.13. The van der Waals surface area contributed by atoms with E-state index in [1.807, 2.05) is 0 Å². The Morgan fingerprint density at radius 1 is 1.22 bits per heavy atom. The summed E-state index contributed by atoms with van der Waals surface area (Å²) in [4.78, 5) is 12.0. The van der Waals surface area contributed by atoms with Crippen molar-refractivity contribution in [3.05, 3.63) is 23.8 Å². The third-order valence-corrected chi connectivity index (χ3v) is 2.72. The van der Waals surface area contributed by atoms with Crippen LogP contribution in [0.5, 0.6) is 11.5 Å². The van der Waals surface area contributed by atoms with E-state index in [9.17, 15) is 4.79 Å². The lowest BCUT2D eigenvalue weighted by Crippen LogP contribution is -2.24. The third-order valence-electron chi connectivity index (χ3n) is 2.72. The first-order valence-electron chi connectivity index (χ1n) is 6.23. The maximum Gasteiger partial charge on any atom is 0.255 e. The Hall–Kier alpha value is -1.71. The van der Waals surface area contributed by atoms with E-state index in [-0.39, 0.29) is 5.91 Å². The number of rotatable bonds is 7. The van der Waals surface area contributed by atoms with Crippen molar-refractivity contribution in [3.8, 4) is 11.5 Å². The van der Waals surface area contributed by atoms with Gasteiger partial charge in [0, 0.05) is 6.54 Å². The molecule has 1 N–H and O–H groups in total. The van der Waals surface area contributed by atoms with Gasteiger partial charge in [-0.05, 0) is 24.6 Å². The monoisotopic (exact) mass is 251 g/mol. The van der Waals surface area contributed by atoms with Crippen LogP contribution in [-0.4, -0.2) is 26.7 Å². The standard InChI is InChI=1S/C14H21NO3/c1-4-5-6-9-15-14(16)12-10-11(17-2)7-8-13(12)18-3/h7-8,10H,4-6,9H2,1-3H3,(H,15,16). The van der Waals surface area contributed by atoms with Gasteiger partial charge in [-0.3, -0.25) is 4.79 Å². The molecule has 0 saturated heterocycles. The van der Waals surface area contributed by atoms with E-state index >= 15 is 0 Å². The Bertz CT molecular complexity index is 391. The second kappa shape index (κ2) is 7.58. The number of ether oxygens (including phenoxy) is 2. The van der Waals surface area contributed by atoms with Crippen LogP contribution in [0.1, 0.15) is 36.5 Å². The number of benzene rings is 1. The maximum atomic E-state index is 12.0. The van der Waals surface area contributed by atoms with Crippen LogP contribution in [0, 0.1) is 0 Å². The van der Waals surface area contributed by atoms with Gasteiger partial charge in [0.1, 0.15) is 11.5 Å². The van der Waals surface area contributed by atoms with Crippen molar-refractivity contribution >= 4 is 5.91 Å². The Morgan fingerprint density at radius 2 is 2.00 bits per heavy atom. The molecule has 1 rings (SSSR count). The van der Waals surface area contributed by atoms with Gasteiger partial charge in [0.15, 0.2) is 0 Å². The molecular weight excluding hydrogens is 230 g/mol. The van der Waals surface area contributed by atoms with Crippen molar-refractivity contribution in [2.24, 2.45) is 0 Å². The molecule has 18 heavy (non-hydrogen) atoms. The van der Waals surface area contributed by atoms with Crippen molar-refractivity contribution in [2.45, 2.75) is 26.2 Å². The summed E-state index contributed by atoms with van der Waals surface area (Å²) in [5.41, 5.74) is 0.508. The zero-order valence-corrected chi connectivity index (χ0v) is 11.3. The summed E-state index contributed by atoms with van der Waals surface area (Å²) in [6.07, 6.45) is 3.25. The van der Waals surface area contributed by atoms with Crippen molar-refractivity contribution in [1.29, 1.82) is 0 Å². The highest BCUT2D eigenvalue weighted by Gasteiger charge is 2.12. The number of unbranched alkanes of at least 4 members (excludes halogenated alkanes) is 2. The highest BCUT2D eigenvalue weighted by Crippen LogP contribution is 2.23. The molecule has 100 valence electrons. The van der Waals surface area contributed by atoms with Gasteiger partial charge in [-0.15, -0.1) is 0 Å².